The van der Waals surface area contributed by atoms with Crippen LogP contribution in [-0.2, 0) is 4.79 Å². The maximum absolute atomic E-state index is 12.1. The minimum atomic E-state index is -0.281. The summed E-state index contributed by atoms with van der Waals surface area (Å²) in [7, 11) is 1.57. The highest BCUT2D eigenvalue weighted by Crippen LogP contribution is 2.25. The fourth-order valence-electron chi connectivity index (χ4n) is 2.20. The molecule has 1 aliphatic heterocycles. The van der Waals surface area contributed by atoms with E-state index < -0.39 is 0 Å². The fraction of sp³-hybridized carbons (Fsp3) is 0.0588. The predicted octanol–water partition coefficient (Wildman–Crippen LogP) is 3.92. The van der Waals surface area contributed by atoms with Crippen molar-refractivity contribution in [2.24, 2.45) is 4.99 Å². The molecule has 0 atom stereocenters. The van der Waals surface area contributed by atoms with E-state index in [9.17, 15) is 4.79 Å². The van der Waals surface area contributed by atoms with Crippen molar-refractivity contribution in [3.05, 3.63) is 69.3 Å². The number of rotatable bonds is 3. The first-order valence-electron chi connectivity index (χ1n) is 6.78. The van der Waals surface area contributed by atoms with E-state index in [0.29, 0.717) is 27.3 Å². The zero-order chi connectivity index (χ0) is 16.4. The van der Waals surface area contributed by atoms with E-state index in [4.69, 9.17) is 27.9 Å². The van der Waals surface area contributed by atoms with E-state index in [2.05, 4.69) is 10.3 Å². The molecule has 0 saturated heterocycles. The molecule has 1 heterocycles. The van der Waals surface area contributed by atoms with Crippen LogP contribution >= 0.6 is 23.2 Å². The van der Waals surface area contributed by atoms with Crippen molar-refractivity contribution in [1.29, 1.82) is 0 Å². The van der Waals surface area contributed by atoms with Crippen LogP contribution in [0.25, 0.3) is 6.08 Å². The van der Waals surface area contributed by atoms with Crippen LogP contribution in [0.1, 0.15) is 11.1 Å². The molecule has 0 aliphatic carbocycles. The van der Waals surface area contributed by atoms with Gasteiger partial charge >= 0.3 is 0 Å². The quantitative estimate of drug-likeness (QED) is 0.856. The molecule has 1 aliphatic rings. The number of nitrogens with zero attached hydrogens (tertiary/aromatic N) is 1. The maximum atomic E-state index is 12.1. The Kier molecular flexibility index (Phi) is 4.37. The number of halogens is 2. The lowest BCUT2D eigenvalue weighted by atomic mass is 10.2. The van der Waals surface area contributed by atoms with E-state index in [1.165, 1.54) is 0 Å². The molecule has 0 bridgehead atoms. The van der Waals surface area contributed by atoms with Gasteiger partial charge in [-0.2, -0.15) is 0 Å². The number of aliphatic imine (C=N–C) groups is 1. The number of nitrogens with one attached hydrogen (secondary N) is 1. The lowest BCUT2D eigenvalue weighted by molar-refractivity contribution is -0.115. The summed E-state index contributed by atoms with van der Waals surface area (Å²) in [5, 5.41) is 3.63. The highest BCUT2D eigenvalue weighted by Gasteiger charge is 2.23. The molecule has 0 unspecified atom stereocenters. The zero-order valence-electron chi connectivity index (χ0n) is 12.1. The maximum Gasteiger partial charge on any atom is 0.275 e. The molecule has 0 fully saturated rings. The van der Waals surface area contributed by atoms with Gasteiger partial charge in [0.05, 0.1) is 22.7 Å². The highest BCUT2D eigenvalue weighted by molar-refractivity contribution is 6.42. The lowest BCUT2D eigenvalue weighted by Gasteiger charge is -2.06. The number of hydrogen-bond donors (Lipinski definition) is 1. The molecule has 1 N–H and O–H groups in total. The van der Waals surface area contributed by atoms with Gasteiger partial charge in [-0.1, -0.05) is 41.4 Å². The normalized spacial score (nSPS) is 15.5. The van der Waals surface area contributed by atoms with Gasteiger partial charge < -0.3 is 10.1 Å². The molecule has 0 saturated carbocycles. The summed E-state index contributed by atoms with van der Waals surface area (Å²) in [6.07, 6.45) is 1.65. The minimum Gasteiger partial charge on any atom is -0.496 e. The van der Waals surface area contributed by atoms with Crippen molar-refractivity contribution in [3.63, 3.8) is 0 Å². The number of carbonyl (C=O) groups excluding carboxylic acids is 1. The Bertz CT molecular complexity index is 844. The molecule has 0 spiro atoms. The Morgan fingerprint density at radius 2 is 1.91 bits per heavy atom. The molecule has 116 valence electrons. The van der Waals surface area contributed by atoms with E-state index >= 15 is 0 Å². The predicted molar refractivity (Wildman–Crippen MR) is 92.1 cm³/mol. The molecule has 2 aromatic rings. The molecule has 0 radical (unpaired) electrons. The van der Waals surface area contributed by atoms with Crippen LogP contribution in [-0.4, -0.2) is 18.9 Å². The Balaban J connectivity index is 1.98. The largest absolute Gasteiger partial charge is 0.496 e. The smallest absolute Gasteiger partial charge is 0.275 e. The number of hydrogen-bond acceptors (Lipinski definition) is 3. The van der Waals surface area contributed by atoms with Crippen molar-refractivity contribution in [1.82, 2.24) is 5.32 Å². The van der Waals surface area contributed by atoms with Crippen molar-refractivity contribution in [2.45, 2.75) is 0 Å². The molecule has 4 nitrogen and oxygen atoms in total. The average molecular weight is 347 g/mol. The van der Waals surface area contributed by atoms with Crippen LogP contribution in [0.15, 0.2) is 53.2 Å². The summed E-state index contributed by atoms with van der Waals surface area (Å²) >= 11 is 11.9. The first kappa shape index (κ1) is 15.6. The second kappa shape index (κ2) is 6.44. The monoisotopic (exact) mass is 346 g/mol. The number of amidine groups is 1. The fourth-order valence-corrected chi connectivity index (χ4v) is 2.50. The molecular weight excluding hydrogens is 335 g/mol. The molecule has 6 heteroatoms. The number of benzene rings is 2. The first-order valence-corrected chi connectivity index (χ1v) is 7.54. The van der Waals surface area contributed by atoms with Gasteiger partial charge in [-0.05, 0) is 35.9 Å². The van der Waals surface area contributed by atoms with Gasteiger partial charge in [0.1, 0.15) is 17.3 Å². The minimum absolute atomic E-state index is 0.281. The summed E-state index contributed by atoms with van der Waals surface area (Å²) in [4.78, 5) is 16.5. The molecule has 2 aromatic carbocycles. The zero-order valence-corrected chi connectivity index (χ0v) is 13.7. The average Bonchev–Trinajstić information content (AvgIpc) is 2.91. The van der Waals surface area contributed by atoms with E-state index in [-0.39, 0.29) is 5.91 Å². The van der Waals surface area contributed by atoms with Crippen LogP contribution in [0, 0.1) is 0 Å². The van der Waals surface area contributed by atoms with E-state index in [1.54, 1.807) is 31.4 Å². The number of amides is 1. The van der Waals surface area contributed by atoms with Crippen LogP contribution in [0.4, 0.5) is 0 Å². The Morgan fingerprint density at radius 3 is 2.65 bits per heavy atom. The third-order valence-electron chi connectivity index (χ3n) is 3.31. The molecule has 0 aromatic heterocycles. The van der Waals surface area contributed by atoms with E-state index in [1.807, 2.05) is 24.3 Å². The molecular formula is C17H12Cl2N2O2. The van der Waals surface area contributed by atoms with Crippen LogP contribution in [0.3, 0.4) is 0 Å². The number of para-hydroxylation sites is 1. The van der Waals surface area contributed by atoms with Crippen LogP contribution < -0.4 is 10.1 Å². The van der Waals surface area contributed by atoms with Gasteiger partial charge in [0.15, 0.2) is 0 Å². The van der Waals surface area contributed by atoms with Gasteiger partial charge in [0.25, 0.3) is 5.91 Å². The summed E-state index contributed by atoms with van der Waals surface area (Å²) in [6, 6.07) is 12.5. The molecule has 3 rings (SSSR count). The topological polar surface area (TPSA) is 50.7 Å². The van der Waals surface area contributed by atoms with Crippen LogP contribution in [0.2, 0.25) is 10.0 Å². The Morgan fingerprint density at radius 1 is 1.13 bits per heavy atom. The van der Waals surface area contributed by atoms with Gasteiger partial charge in [-0.25, -0.2) is 4.99 Å². The second-order valence-electron chi connectivity index (χ2n) is 4.82. The lowest BCUT2D eigenvalue weighted by Crippen LogP contribution is -2.25. The summed E-state index contributed by atoms with van der Waals surface area (Å²) in [5.74, 6) is 0.818. The Labute approximate surface area is 143 Å². The third-order valence-corrected chi connectivity index (χ3v) is 4.04. The Hall–Kier alpha value is -2.30. The van der Waals surface area contributed by atoms with Crippen LogP contribution in [0.5, 0.6) is 5.75 Å². The van der Waals surface area contributed by atoms with Gasteiger partial charge in [0.2, 0.25) is 0 Å². The van der Waals surface area contributed by atoms with E-state index in [0.717, 1.165) is 11.1 Å². The van der Waals surface area contributed by atoms with Gasteiger partial charge in [-0.15, -0.1) is 0 Å². The third kappa shape index (κ3) is 3.23. The van der Waals surface area contributed by atoms with Gasteiger partial charge in [0, 0.05) is 0 Å². The standard InChI is InChI=1S/C17H12Cl2N2O2/c1-23-15-5-3-2-4-11(15)16-20-14(17(22)21-16)9-10-6-7-12(18)13(19)8-10/h2-9H,1H3,(H,20,21,22)/b14-9+. The highest BCUT2D eigenvalue weighted by atomic mass is 35.5. The first-order chi connectivity index (χ1) is 11.1. The SMILES string of the molecule is COc1ccccc1C1=N/C(=C/c2ccc(Cl)c(Cl)c2)C(=O)N1. The number of methoxy groups -OCH3 is 1. The van der Waals surface area contributed by atoms with Gasteiger partial charge in [-0.3, -0.25) is 4.79 Å². The van der Waals surface area contributed by atoms with Crippen molar-refractivity contribution < 1.29 is 9.53 Å². The second-order valence-corrected chi connectivity index (χ2v) is 5.63. The van der Waals surface area contributed by atoms with Crippen molar-refractivity contribution >= 4 is 41.0 Å². The molecule has 1 amide bonds. The number of carbonyl (C=O) groups is 1. The summed E-state index contributed by atoms with van der Waals surface area (Å²) in [6.45, 7) is 0. The summed E-state index contributed by atoms with van der Waals surface area (Å²) in [5.41, 5.74) is 1.76. The van der Waals surface area contributed by atoms with Crippen molar-refractivity contribution in [2.75, 3.05) is 7.11 Å². The van der Waals surface area contributed by atoms with Crippen molar-refractivity contribution in [3.8, 4) is 5.75 Å². The summed E-state index contributed by atoms with van der Waals surface area (Å²) < 4.78 is 5.29. The number of ether oxygens (including phenoxy) is 1. The molecule has 23 heavy (non-hydrogen) atoms.